The number of carbonyl (C=O) groups is 1. The van der Waals surface area contributed by atoms with Gasteiger partial charge in [0.05, 0.1) is 19.1 Å². The molecule has 0 saturated heterocycles. The summed E-state index contributed by atoms with van der Waals surface area (Å²) in [6, 6.07) is 0. The van der Waals surface area contributed by atoms with Crippen molar-refractivity contribution < 1.29 is 19.7 Å². The van der Waals surface area contributed by atoms with Gasteiger partial charge in [0.1, 0.15) is 0 Å². The largest absolute Gasteiger partial charge is 0.466 e. The first-order chi connectivity index (χ1) is 6.70. The number of unbranched alkanes of at least 4 members (excludes halogenated alkanes) is 2. The Morgan fingerprint density at radius 3 is 2.71 bits per heavy atom. The van der Waals surface area contributed by atoms with E-state index in [4.69, 9.17) is 14.9 Å². The van der Waals surface area contributed by atoms with Crippen LogP contribution in [0.25, 0.3) is 0 Å². The first-order valence-electron chi connectivity index (χ1n) is 5.15. The molecule has 4 heteroatoms. The molecule has 0 bridgehead atoms. The van der Waals surface area contributed by atoms with Crippen LogP contribution < -0.4 is 0 Å². The maximum atomic E-state index is 11.0. The van der Waals surface area contributed by atoms with Gasteiger partial charge in [-0.05, 0) is 12.8 Å². The number of carbonyl (C=O) groups excluding carboxylic acids is 1. The topological polar surface area (TPSA) is 66.8 Å². The predicted molar refractivity (Wildman–Crippen MR) is 52.8 cm³/mol. The summed E-state index contributed by atoms with van der Waals surface area (Å²) in [7, 11) is 0. The van der Waals surface area contributed by atoms with Crippen LogP contribution in [0.3, 0.4) is 0 Å². The Morgan fingerprint density at radius 1 is 1.43 bits per heavy atom. The van der Waals surface area contributed by atoms with Crippen LogP contribution in [0, 0.1) is 0 Å². The van der Waals surface area contributed by atoms with Gasteiger partial charge >= 0.3 is 5.97 Å². The van der Waals surface area contributed by atoms with Crippen molar-refractivity contribution in [2.75, 3.05) is 13.2 Å². The first kappa shape index (κ1) is 13.4. The lowest BCUT2D eigenvalue weighted by molar-refractivity contribution is -0.146. The van der Waals surface area contributed by atoms with Gasteiger partial charge in [0.25, 0.3) is 0 Å². The molecule has 14 heavy (non-hydrogen) atoms. The average molecular weight is 204 g/mol. The number of esters is 1. The van der Waals surface area contributed by atoms with Gasteiger partial charge in [0, 0.05) is 6.61 Å². The molecule has 4 nitrogen and oxygen atoms in total. The fourth-order valence-corrected chi connectivity index (χ4v) is 1.04. The highest BCUT2D eigenvalue weighted by Gasteiger charge is 2.10. The van der Waals surface area contributed by atoms with Crippen LogP contribution in [0.5, 0.6) is 0 Å². The molecule has 0 rings (SSSR count). The van der Waals surface area contributed by atoms with Crippen LogP contribution in [-0.2, 0) is 9.53 Å². The zero-order valence-corrected chi connectivity index (χ0v) is 8.74. The third kappa shape index (κ3) is 8.01. The van der Waals surface area contributed by atoms with Crippen molar-refractivity contribution >= 4 is 5.97 Å². The molecule has 0 amide bonds. The summed E-state index contributed by atoms with van der Waals surface area (Å²) >= 11 is 0. The molecular formula is C10H20O4. The Bertz CT molecular complexity index is 147. The summed E-state index contributed by atoms with van der Waals surface area (Å²) in [5.74, 6) is -0.387. The van der Waals surface area contributed by atoms with E-state index in [1.807, 2.05) is 0 Å². The molecule has 0 aliphatic carbocycles. The van der Waals surface area contributed by atoms with E-state index in [1.165, 1.54) is 0 Å². The van der Waals surface area contributed by atoms with Crippen LogP contribution in [0.4, 0.5) is 0 Å². The predicted octanol–water partition coefficient (Wildman–Crippen LogP) is 0.853. The highest BCUT2D eigenvalue weighted by atomic mass is 16.5. The van der Waals surface area contributed by atoms with E-state index in [2.05, 4.69) is 6.92 Å². The lowest BCUT2D eigenvalue weighted by atomic mass is 10.2. The standard InChI is InChI=1S/C10H20O4/c1-2-3-4-7-14-10(13)8-9(12)5-6-11/h9,11-12H,2-8H2,1H3. The Balaban J connectivity index is 3.35. The number of hydrogen-bond donors (Lipinski definition) is 2. The van der Waals surface area contributed by atoms with Crippen LogP contribution in [0.15, 0.2) is 0 Å². The fraction of sp³-hybridized carbons (Fsp3) is 0.900. The van der Waals surface area contributed by atoms with Crippen molar-refractivity contribution in [3.8, 4) is 0 Å². The van der Waals surface area contributed by atoms with E-state index in [-0.39, 0.29) is 25.4 Å². The third-order valence-electron chi connectivity index (χ3n) is 1.88. The van der Waals surface area contributed by atoms with E-state index < -0.39 is 6.10 Å². The molecule has 0 radical (unpaired) electrons. The lowest BCUT2D eigenvalue weighted by Gasteiger charge is -2.08. The molecule has 0 aliphatic heterocycles. The highest BCUT2D eigenvalue weighted by molar-refractivity contribution is 5.69. The van der Waals surface area contributed by atoms with Gasteiger partial charge in [-0.15, -0.1) is 0 Å². The maximum absolute atomic E-state index is 11.0. The number of hydrogen-bond acceptors (Lipinski definition) is 4. The van der Waals surface area contributed by atoms with Crippen molar-refractivity contribution in [2.24, 2.45) is 0 Å². The van der Waals surface area contributed by atoms with Gasteiger partial charge in [-0.25, -0.2) is 0 Å². The van der Waals surface area contributed by atoms with Gasteiger partial charge in [-0.1, -0.05) is 19.8 Å². The maximum Gasteiger partial charge on any atom is 0.308 e. The normalized spacial score (nSPS) is 12.5. The second-order valence-corrected chi connectivity index (χ2v) is 3.30. The fourth-order valence-electron chi connectivity index (χ4n) is 1.04. The number of aliphatic hydroxyl groups excluding tert-OH is 2. The third-order valence-corrected chi connectivity index (χ3v) is 1.88. The van der Waals surface area contributed by atoms with E-state index >= 15 is 0 Å². The van der Waals surface area contributed by atoms with Gasteiger partial charge in [-0.3, -0.25) is 4.79 Å². The Morgan fingerprint density at radius 2 is 2.14 bits per heavy atom. The summed E-state index contributed by atoms with van der Waals surface area (Å²) in [6.45, 7) is 2.40. The monoisotopic (exact) mass is 204 g/mol. The summed E-state index contributed by atoms with van der Waals surface area (Å²) in [6.07, 6.45) is 2.44. The smallest absolute Gasteiger partial charge is 0.308 e. The Labute approximate surface area is 84.9 Å². The molecule has 84 valence electrons. The molecule has 0 saturated carbocycles. The molecule has 0 heterocycles. The first-order valence-corrected chi connectivity index (χ1v) is 5.15. The van der Waals surface area contributed by atoms with Gasteiger partial charge in [-0.2, -0.15) is 0 Å². The van der Waals surface area contributed by atoms with Gasteiger partial charge < -0.3 is 14.9 Å². The minimum Gasteiger partial charge on any atom is -0.466 e. The zero-order valence-electron chi connectivity index (χ0n) is 8.74. The molecule has 0 aromatic rings. The number of ether oxygens (including phenoxy) is 1. The quantitative estimate of drug-likeness (QED) is 0.454. The molecule has 0 spiro atoms. The summed E-state index contributed by atoms with van der Waals surface area (Å²) < 4.78 is 4.88. The number of rotatable bonds is 8. The molecule has 0 fully saturated rings. The minimum atomic E-state index is -0.779. The van der Waals surface area contributed by atoms with Crippen molar-refractivity contribution in [1.29, 1.82) is 0 Å². The molecular weight excluding hydrogens is 184 g/mol. The van der Waals surface area contributed by atoms with Crippen LogP contribution in [0.2, 0.25) is 0 Å². The number of aliphatic hydroxyl groups is 2. The molecule has 0 aliphatic rings. The average Bonchev–Trinajstić information content (AvgIpc) is 2.13. The van der Waals surface area contributed by atoms with Crippen LogP contribution in [-0.4, -0.2) is 35.5 Å². The molecule has 0 aromatic carbocycles. The lowest BCUT2D eigenvalue weighted by Crippen LogP contribution is -2.17. The van der Waals surface area contributed by atoms with Crippen molar-refractivity contribution in [3.63, 3.8) is 0 Å². The Hall–Kier alpha value is -0.610. The Kier molecular flexibility index (Phi) is 8.57. The van der Waals surface area contributed by atoms with Crippen LogP contribution >= 0.6 is 0 Å². The SMILES string of the molecule is CCCCCOC(=O)CC(O)CCO. The van der Waals surface area contributed by atoms with Gasteiger partial charge in [0.2, 0.25) is 0 Å². The zero-order chi connectivity index (χ0) is 10.8. The molecule has 2 N–H and O–H groups in total. The minimum absolute atomic E-state index is 0.0211. The van der Waals surface area contributed by atoms with Crippen molar-refractivity contribution in [2.45, 2.75) is 45.1 Å². The molecule has 1 unspecified atom stereocenters. The van der Waals surface area contributed by atoms with Crippen molar-refractivity contribution in [1.82, 2.24) is 0 Å². The summed E-state index contributed by atoms with van der Waals surface area (Å²) in [5.41, 5.74) is 0. The van der Waals surface area contributed by atoms with Gasteiger partial charge in [0.15, 0.2) is 0 Å². The van der Waals surface area contributed by atoms with E-state index in [0.29, 0.717) is 6.61 Å². The van der Waals surface area contributed by atoms with E-state index in [9.17, 15) is 4.79 Å². The second-order valence-electron chi connectivity index (χ2n) is 3.30. The van der Waals surface area contributed by atoms with E-state index in [1.54, 1.807) is 0 Å². The molecule has 1 atom stereocenters. The summed E-state index contributed by atoms with van der Waals surface area (Å²) in [5, 5.41) is 17.6. The summed E-state index contributed by atoms with van der Waals surface area (Å²) in [4.78, 5) is 11.0. The molecule has 0 aromatic heterocycles. The highest BCUT2D eigenvalue weighted by Crippen LogP contribution is 2.01. The van der Waals surface area contributed by atoms with Crippen LogP contribution in [0.1, 0.15) is 39.0 Å². The van der Waals surface area contributed by atoms with Crippen molar-refractivity contribution in [3.05, 3.63) is 0 Å². The van der Waals surface area contributed by atoms with E-state index in [0.717, 1.165) is 19.3 Å². The second kappa shape index (κ2) is 8.97.